The molecule has 0 radical (unpaired) electrons. The maximum absolute atomic E-state index is 12.0. The highest BCUT2D eigenvalue weighted by molar-refractivity contribution is 5.69. The predicted octanol–water partition coefficient (Wildman–Crippen LogP) is 9.67. The van der Waals surface area contributed by atoms with E-state index >= 15 is 0 Å². The molecule has 0 aliphatic heterocycles. The highest BCUT2D eigenvalue weighted by atomic mass is 16.6. The van der Waals surface area contributed by atoms with Crippen LogP contribution in [0.1, 0.15) is 162 Å². The second kappa shape index (κ2) is 24.6. The molecule has 0 fully saturated rings. The minimum Gasteiger partial charge on any atom is -0.444 e. The van der Waals surface area contributed by atoms with Crippen LogP contribution in [-0.4, -0.2) is 84.6 Å². The number of carbonyl (C=O) groups is 3. The molecule has 0 saturated carbocycles. The molecule has 18 heteroatoms. The zero-order valence-electron chi connectivity index (χ0n) is 40.2. The second-order valence-corrected chi connectivity index (χ2v) is 20.1. The van der Waals surface area contributed by atoms with Crippen LogP contribution in [0, 0.1) is 36.3 Å². The Morgan fingerprint density at radius 2 is 0.869 bits per heavy atom. The van der Waals surface area contributed by atoms with Gasteiger partial charge in [-0.15, -0.1) is 0 Å². The van der Waals surface area contributed by atoms with Gasteiger partial charge in [-0.2, -0.15) is 0 Å². The van der Waals surface area contributed by atoms with Crippen LogP contribution in [0.5, 0.6) is 0 Å². The van der Waals surface area contributed by atoms with Gasteiger partial charge >= 0.3 is 18.3 Å². The number of hydrogen-bond acceptors (Lipinski definition) is 12. The van der Waals surface area contributed by atoms with Crippen molar-refractivity contribution in [1.82, 2.24) is 16.0 Å². The number of alkyl carbamates (subject to hydrolysis) is 3. The SMILES string of the molecule is CC(C)(C)OC(=O)NC(CCc1ccccc1)C(C)(C)[N+](=O)[O-].CC(C)CC(NC(=O)OC(C)(C)C)C(C)(C)[N+](=O)[O-].CCCCC(NC(=O)OC(C)(C)C)C(C)(C)[N+](=O)[O-]. The van der Waals surface area contributed by atoms with Gasteiger partial charge in [-0.05, 0) is 99.5 Å². The first-order valence-corrected chi connectivity index (χ1v) is 20.8. The van der Waals surface area contributed by atoms with E-state index in [0.29, 0.717) is 25.7 Å². The summed E-state index contributed by atoms with van der Waals surface area (Å²) < 4.78 is 15.5. The first-order chi connectivity index (χ1) is 27.4. The van der Waals surface area contributed by atoms with Crippen LogP contribution >= 0.6 is 0 Å². The number of nitrogens with one attached hydrogen (secondary N) is 3. The molecule has 1 aromatic rings. The number of aryl methyl sites for hydroxylation is 1. The van der Waals surface area contributed by atoms with Gasteiger partial charge in [-0.25, -0.2) is 14.4 Å². The Bertz CT molecular complexity index is 1550. The molecule has 1 aromatic carbocycles. The molecular formula is C43H78N6O12. The summed E-state index contributed by atoms with van der Waals surface area (Å²) in [7, 11) is 0. The van der Waals surface area contributed by atoms with E-state index in [4.69, 9.17) is 14.2 Å². The normalized spacial score (nSPS) is 13.7. The van der Waals surface area contributed by atoms with E-state index in [2.05, 4.69) is 16.0 Å². The van der Waals surface area contributed by atoms with E-state index in [-0.39, 0.29) is 20.7 Å². The Morgan fingerprint density at radius 3 is 1.16 bits per heavy atom. The van der Waals surface area contributed by atoms with Crippen molar-refractivity contribution in [3.63, 3.8) is 0 Å². The summed E-state index contributed by atoms with van der Waals surface area (Å²) in [5, 5.41) is 41.5. The third-order valence-electron chi connectivity index (χ3n) is 9.16. The molecule has 0 bridgehead atoms. The van der Waals surface area contributed by atoms with Crippen molar-refractivity contribution in [2.75, 3.05) is 0 Å². The summed E-state index contributed by atoms with van der Waals surface area (Å²) in [5.74, 6) is 0.235. The van der Waals surface area contributed by atoms with Crippen LogP contribution < -0.4 is 16.0 Å². The molecule has 0 spiro atoms. The first-order valence-electron chi connectivity index (χ1n) is 20.8. The third-order valence-corrected chi connectivity index (χ3v) is 9.16. The van der Waals surface area contributed by atoms with Crippen LogP contribution in [0.3, 0.4) is 0 Å². The minimum atomic E-state index is -1.29. The van der Waals surface area contributed by atoms with Gasteiger partial charge in [-0.1, -0.05) is 63.9 Å². The monoisotopic (exact) mass is 871 g/mol. The predicted molar refractivity (Wildman–Crippen MR) is 236 cm³/mol. The summed E-state index contributed by atoms with van der Waals surface area (Å²) >= 11 is 0. The van der Waals surface area contributed by atoms with Crippen molar-refractivity contribution in [3.05, 3.63) is 66.2 Å². The molecule has 3 amide bonds. The van der Waals surface area contributed by atoms with Gasteiger partial charge in [0.15, 0.2) is 0 Å². The number of amides is 3. The molecule has 0 saturated heterocycles. The number of hydrogen-bond donors (Lipinski definition) is 3. The Kier molecular flexibility index (Phi) is 23.5. The smallest absolute Gasteiger partial charge is 0.408 e. The Hall–Kier alpha value is -4.77. The number of carbonyl (C=O) groups excluding carboxylic acids is 3. The molecular weight excluding hydrogens is 793 g/mol. The molecule has 0 aliphatic carbocycles. The summed E-state index contributed by atoms with van der Waals surface area (Å²) in [6.07, 6.45) is 2.05. The van der Waals surface area contributed by atoms with Crippen molar-refractivity contribution in [2.24, 2.45) is 5.92 Å². The van der Waals surface area contributed by atoms with E-state index in [9.17, 15) is 44.7 Å². The molecule has 0 heterocycles. The van der Waals surface area contributed by atoms with Gasteiger partial charge in [0.25, 0.3) is 0 Å². The molecule has 3 N–H and O–H groups in total. The largest absolute Gasteiger partial charge is 0.444 e. The summed E-state index contributed by atoms with van der Waals surface area (Å²) in [6.45, 7) is 30.8. The third kappa shape index (κ3) is 24.9. The fraction of sp³-hybridized carbons (Fsp3) is 0.791. The lowest BCUT2D eigenvalue weighted by molar-refractivity contribution is -0.565. The molecule has 18 nitrogen and oxygen atoms in total. The van der Waals surface area contributed by atoms with Crippen molar-refractivity contribution in [1.29, 1.82) is 0 Å². The van der Waals surface area contributed by atoms with Gasteiger partial charge < -0.3 is 30.2 Å². The molecule has 3 unspecified atom stereocenters. The topological polar surface area (TPSA) is 244 Å². The standard InChI is InChI=1S/C17H26N2O4.2C13H26N2O4/c1-16(2,3)23-15(20)18-14(17(4,5)19(21)22)12-11-13-9-7-6-8-10-13;1-9(2)8-10(13(6,7)15(17)18)14-11(16)19-12(3,4)5;1-7-8-9-10(13(5,6)15(17)18)14-11(16)19-12(2,3)4/h6-10,14H,11-12H2,1-5H3,(H,18,20);9-10H,8H2,1-7H3,(H,14,16);10H,7-9H2,1-6H3,(H,14,16). The van der Waals surface area contributed by atoms with Gasteiger partial charge in [-0.3, -0.25) is 30.3 Å². The number of unbranched alkanes of at least 4 members (excludes halogenated alkanes) is 1. The Labute approximate surface area is 363 Å². The Morgan fingerprint density at radius 1 is 0.557 bits per heavy atom. The lowest BCUT2D eigenvalue weighted by atomic mass is 9.88. The van der Waals surface area contributed by atoms with Crippen LogP contribution in [0.15, 0.2) is 30.3 Å². The zero-order valence-corrected chi connectivity index (χ0v) is 40.2. The van der Waals surface area contributed by atoms with Crippen molar-refractivity contribution >= 4 is 18.3 Å². The summed E-state index contributed by atoms with van der Waals surface area (Å²) in [6, 6.07) is 7.94. The van der Waals surface area contributed by atoms with Crippen LogP contribution in [0.25, 0.3) is 0 Å². The number of nitrogens with zero attached hydrogens (tertiary/aromatic N) is 3. The Balaban J connectivity index is 0. The number of nitro groups is 3. The molecule has 61 heavy (non-hydrogen) atoms. The molecule has 352 valence electrons. The highest BCUT2D eigenvalue weighted by Crippen LogP contribution is 2.23. The van der Waals surface area contributed by atoms with Gasteiger partial charge in [0, 0.05) is 56.3 Å². The van der Waals surface area contributed by atoms with Crippen molar-refractivity contribution < 1.29 is 43.4 Å². The fourth-order valence-electron chi connectivity index (χ4n) is 5.29. The lowest BCUT2D eigenvalue weighted by Crippen LogP contribution is -2.54. The molecule has 0 aromatic heterocycles. The lowest BCUT2D eigenvalue weighted by Gasteiger charge is -2.30. The van der Waals surface area contributed by atoms with E-state index in [1.807, 2.05) is 51.1 Å². The summed E-state index contributed by atoms with van der Waals surface area (Å²) in [4.78, 5) is 68.0. The van der Waals surface area contributed by atoms with Gasteiger partial charge in [0.1, 0.15) is 34.9 Å². The van der Waals surface area contributed by atoms with Gasteiger partial charge in [0.2, 0.25) is 16.6 Å². The number of ether oxygens (including phenoxy) is 3. The van der Waals surface area contributed by atoms with Crippen molar-refractivity contribution in [2.45, 2.75) is 215 Å². The van der Waals surface area contributed by atoms with E-state index in [1.54, 1.807) is 62.3 Å². The quantitative estimate of drug-likeness (QED) is 0.0752. The molecule has 0 aliphatic rings. The van der Waals surface area contributed by atoms with Crippen molar-refractivity contribution in [3.8, 4) is 0 Å². The zero-order chi connectivity index (χ0) is 48.4. The first kappa shape index (κ1) is 58.3. The summed E-state index contributed by atoms with van der Waals surface area (Å²) in [5.41, 5.74) is -4.54. The average Bonchev–Trinajstić information content (AvgIpc) is 3.06. The van der Waals surface area contributed by atoms with Crippen LogP contribution in [0.2, 0.25) is 0 Å². The molecule has 3 atom stereocenters. The second-order valence-electron chi connectivity index (χ2n) is 20.1. The van der Waals surface area contributed by atoms with Gasteiger partial charge in [0.05, 0.1) is 0 Å². The number of rotatable bonds is 17. The maximum atomic E-state index is 12.0. The fourth-order valence-corrected chi connectivity index (χ4v) is 5.29. The number of benzene rings is 1. The highest BCUT2D eigenvalue weighted by Gasteiger charge is 2.44. The van der Waals surface area contributed by atoms with Crippen LogP contribution in [0.4, 0.5) is 14.4 Å². The maximum Gasteiger partial charge on any atom is 0.408 e. The van der Waals surface area contributed by atoms with E-state index < -0.39 is 69.8 Å². The van der Waals surface area contributed by atoms with Crippen LogP contribution in [-0.2, 0) is 20.6 Å². The molecule has 1 rings (SSSR count). The average molecular weight is 871 g/mol. The minimum absolute atomic E-state index is 0.235. The van der Waals surface area contributed by atoms with E-state index in [0.717, 1.165) is 18.4 Å². The van der Waals surface area contributed by atoms with E-state index in [1.165, 1.54) is 41.5 Å².